The highest BCUT2D eigenvalue weighted by molar-refractivity contribution is 6.31. The lowest BCUT2D eigenvalue weighted by Crippen LogP contribution is -2.34. The molecule has 0 amide bonds. The molecule has 6 heteroatoms. The van der Waals surface area contributed by atoms with Gasteiger partial charge in [-0.05, 0) is 48.0 Å². The molecule has 0 saturated heterocycles. The Morgan fingerprint density at radius 1 is 1.07 bits per heavy atom. The van der Waals surface area contributed by atoms with Gasteiger partial charge in [-0.15, -0.1) is 0 Å². The van der Waals surface area contributed by atoms with Crippen LogP contribution in [0.15, 0.2) is 71.8 Å². The fourth-order valence-corrected chi connectivity index (χ4v) is 4.19. The zero-order valence-electron chi connectivity index (χ0n) is 15.7. The molecule has 0 aliphatic carbocycles. The number of hydrogen-bond acceptors (Lipinski definition) is 4. The first-order valence-corrected chi connectivity index (χ1v) is 9.73. The van der Waals surface area contributed by atoms with E-state index in [1.165, 1.54) is 6.07 Å². The van der Waals surface area contributed by atoms with Crippen LogP contribution in [0.4, 0.5) is 4.39 Å². The summed E-state index contributed by atoms with van der Waals surface area (Å²) in [5.74, 6) is 1.10. The Kier molecular flexibility index (Phi) is 4.40. The van der Waals surface area contributed by atoms with Crippen LogP contribution in [0, 0.1) is 5.82 Å². The van der Waals surface area contributed by atoms with Crippen LogP contribution in [0.5, 0.6) is 11.5 Å². The molecule has 2 aliphatic heterocycles. The van der Waals surface area contributed by atoms with E-state index < -0.39 is 12.0 Å². The quantitative estimate of drug-likeness (QED) is 0.555. The van der Waals surface area contributed by atoms with Gasteiger partial charge in [0.25, 0.3) is 0 Å². The van der Waals surface area contributed by atoms with Crippen molar-refractivity contribution in [3.63, 3.8) is 0 Å². The molecule has 0 fully saturated rings. The van der Waals surface area contributed by atoms with Crippen molar-refractivity contribution in [2.75, 3.05) is 7.11 Å². The summed E-state index contributed by atoms with van der Waals surface area (Å²) in [6, 6.07) is 20.2. The Hall–Kier alpha value is -3.05. The van der Waals surface area contributed by atoms with Gasteiger partial charge in [-0.2, -0.15) is 5.10 Å². The van der Waals surface area contributed by atoms with Crippen LogP contribution in [-0.4, -0.2) is 17.8 Å². The van der Waals surface area contributed by atoms with Gasteiger partial charge in [-0.25, -0.2) is 9.40 Å². The standard InChI is InChI=1S/C23H18ClFN2O2/c1-28-15-11-9-14(10-12-15)19-13-20-16-5-2-3-8-21(16)29-23(27(20)26-19)22-17(24)6-4-7-18(22)25/h2-12,20,23H,13H2,1H3. The maximum atomic E-state index is 14.7. The van der Waals surface area contributed by atoms with E-state index in [0.29, 0.717) is 17.0 Å². The summed E-state index contributed by atoms with van der Waals surface area (Å²) in [5, 5.41) is 6.98. The molecule has 2 atom stereocenters. The monoisotopic (exact) mass is 408 g/mol. The normalized spacial score (nSPS) is 19.8. The van der Waals surface area contributed by atoms with E-state index in [2.05, 4.69) is 0 Å². The van der Waals surface area contributed by atoms with E-state index in [1.807, 2.05) is 53.5 Å². The minimum atomic E-state index is -0.737. The van der Waals surface area contributed by atoms with E-state index in [-0.39, 0.29) is 6.04 Å². The summed E-state index contributed by atoms with van der Waals surface area (Å²) in [6.45, 7) is 0. The average Bonchev–Trinajstić information content (AvgIpc) is 3.19. The van der Waals surface area contributed by atoms with E-state index >= 15 is 0 Å². The molecule has 29 heavy (non-hydrogen) atoms. The lowest BCUT2D eigenvalue weighted by Gasteiger charge is -2.38. The molecule has 0 N–H and O–H groups in total. The number of fused-ring (bicyclic) bond motifs is 3. The van der Waals surface area contributed by atoms with Crippen LogP contribution in [-0.2, 0) is 0 Å². The summed E-state index contributed by atoms with van der Waals surface area (Å²) in [7, 11) is 1.64. The molecule has 0 bridgehead atoms. The molecule has 2 heterocycles. The number of para-hydroxylation sites is 1. The van der Waals surface area contributed by atoms with Crippen LogP contribution in [0.3, 0.4) is 0 Å². The topological polar surface area (TPSA) is 34.1 Å². The molecular weight excluding hydrogens is 391 g/mol. The maximum absolute atomic E-state index is 14.7. The second-order valence-electron chi connectivity index (χ2n) is 7.02. The third kappa shape index (κ3) is 3.02. The van der Waals surface area contributed by atoms with Crippen molar-refractivity contribution in [3.05, 3.63) is 94.3 Å². The highest BCUT2D eigenvalue weighted by Crippen LogP contribution is 2.48. The van der Waals surface area contributed by atoms with Crippen molar-refractivity contribution in [1.82, 2.24) is 5.01 Å². The fourth-order valence-electron chi connectivity index (χ4n) is 3.93. The van der Waals surface area contributed by atoms with Gasteiger partial charge in [0.2, 0.25) is 6.23 Å². The van der Waals surface area contributed by atoms with Gasteiger partial charge in [-0.3, -0.25) is 0 Å². The molecule has 4 nitrogen and oxygen atoms in total. The largest absolute Gasteiger partial charge is 0.497 e. The van der Waals surface area contributed by atoms with Gasteiger partial charge in [-0.1, -0.05) is 35.9 Å². The summed E-state index contributed by atoms with van der Waals surface area (Å²) in [4.78, 5) is 0. The zero-order valence-corrected chi connectivity index (χ0v) is 16.4. The van der Waals surface area contributed by atoms with Crippen LogP contribution < -0.4 is 9.47 Å². The average molecular weight is 409 g/mol. The first-order valence-electron chi connectivity index (χ1n) is 9.35. The predicted molar refractivity (Wildman–Crippen MR) is 110 cm³/mol. The highest BCUT2D eigenvalue weighted by Gasteiger charge is 2.42. The first-order chi connectivity index (χ1) is 14.2. The number of methoxy groups -OCH3 is 1. The van der Waals surface area contributed by atoms with Crippen LogP contribution in [0.25, 0.3) is 0 Å². The number of benzene rings is 3. The summed E-state index contributed by atoms with van der Waals surface area (Å²) in [5.41, 5.74) is 3.24. The summed E-state index contributed by atoms with van der Waals surface area (Å²) >= 11 is 6.36. The van der Waals surface area contributed by atoms with E-state index in [1.54, 1.807) is 19.2 Å². The number of hydrazone groups is 1. The number of ether oxygens (including phenoxy) is 2. The molecule has 3 aromatic carbocycles. The third-order valence-electron chi connectivity index (χ3n) is 5.37. The first kappa shape index (κ1) is 18.0. The van der Waals surface area contributed by atoms with Crippen molar-refractivity contribution in [2.45, 2.75) is 18.7 Å². The fraction of sp³-hybridized carbons (Fsp3) is 0.174. The molecule has 3 aromatic rings. The maximum Gasteiger partial charge on any atom is 0.218 e. The minimum absolute atomic E-state index is 0.0577. The Balaban J connectivity index is 1.60. The van der Waals surface area contributed by atoms with Gasteiger partial charge >= 0.3 is 0 Å². The summed E-state index contributed by atoms with van der Waals surface area (Å²) in [6.07, 6.45) is -0.0470. The molecule has 5 rings (SSSR count). The van der Waals surface area contributed by atoms with Crippen LogP contribution in [0.1, 0.15) is 35.4 Å². The highest BCUT2D eigenvalue weighted by atomic mass is 35.5. The van der Waals surface area contributed by atoms with Gasteiger partial charge in [0, 0.05) is 12.0 Å². The molecule has 2 unspecified atom stereocenters. The van der Waals surface area contributed by atoms with Gasteiger partial charge in [0.05, 0.1) is 29.4 Å². The van der Waals surface area contributed by atoms with E-state index in [4.69, 9.17) is 26.2 Å². The number of nitrogens with zero attached hydrogens (tertiary/aromatic N) is 2. The van der Waals surface area contributed by atoms with Crippen molar-refractivity contribution >= 4 is 17.3 Å². The SMILES string of the molecule is COc1ccc(C2=NN3C(C2)c2ccccc2OC3c2c(F)cccc2Cl)cc1. The molecule has 0 saturated carbocycles. The van der Waals surface area contributed by atoms with Crippen molar-refractivity contribution in [1.29, 1.82) is 0 Å². The molecule has 0 aromatic heterocycles. The van der Waals surface area contributed by atoms with Crippen LogP contribution >= 0.6 is 11.6 Å². The lowest BCUT2D eigenvalue weighted by atomic mass is 9.96. The Morgan fingerprint density at radius 3 is 2.62 bits per heavy atom. The smallest absolute Gasteiger partial charge is 0.218 e. The molecule has 146 valence electrons. The molecule has 0 radical (unpaired) electrons. The van der Waals surface area contributed by atoms with Crippen molar-refractivity contribution in [3.8, 4) is 11.5 Å². The number of rotatable bonds is 3. The number of halogens is 2. The zero-order chi connectivity index (χ0) is 20.0. The third-order valence-corrected chi connectivity index (χ3v) is 5.70. The predicted octanol–water partition coefficient (Wildman–Crippen LogP) is 5.73. The minimum Gasteiger partial charge on any atom is -0.497 e. The number of hydrogen-bond donors (Lipinski definition) is 0. The summed E-state index contributed by atoms with van der Waals surface area (Å²) < 4.78 is 26.2. The van der Waals surface area contributed by atoms with Crippen LogP contribution in [0.2, 0.25) is 5.02 Å². The second kappa shape index (κ2) is 7.08. The van der Waals surface area contributed by atoms with Gasteiger partial charge in [0.1, 0.15) is 17.3 Å². The lowest BCUT2D eigenvalue weighted by molar-refractivity contribution is -0.0211. The van der Waals surface area contributed by atoms with E-state index in [9.17, 15) is 4.39 Å². The van der Waals surface area contributed by atoms with Crippen molar-refractivity contribution < 1.29 is 13.9 Å². The Bertz CT molecular complexity index is 1080. The molecule has 2 aliphatic rings. The Morgan fingerprint density at radius 2 is 1.86 bits per heavy atom. The Labute approximate surface area is 173 Å². The second-order valence-corrected chi connectivity index (χ2v) is 7.43. The van der Waals surface area contributed by atoms with Gasteiger partial charge < -0.3 is 9.47 Å². The van der Waals surface area contributed by atoms with Crippen molar-refractivity contribution in [2.24, 2.45) is 5.10 Å². The van der Waals surface area contributed by atoms with Gasteiger partial charge in [0.15, 0.2) is 0 Å². The molecular formula is C23H18ClFN2O2. The molecule has 0 spiro atoms. The van der Waals surface area contributed by atoms with E-state index in [0.717, 1.165) is 28.3 Å².